The average Bonchev–Trinajstić information content (AvgIpc) is 2.53. The van der Waals surface area contributed by atoms with Gasteiger partial charge in [-0.05, 0) is 37.6 Å². The molecular formula is C17H19FN2O2. The molecule has 2 rings (SSSR count). The van der Waals surface area contributed by atoms with E-state index in [0.717, 1.165) is 6.42 Å². The predicted octanol–water partition coefficient (Wildman–Crippen LogP) is 3.33. The number of halogens is 1. The SMILES string of the molecule is CCC(C)NC(=O)c1ccc(COc2cccc(F)c2)nc1. The van der Waals surface area contributed by atoms with E-state index in [2.05, 4.69) is 10.3 Å². The maximum Gasteiger partial charge on any atom is 0.253 e. The number of hydrogen-bond acceptors (Lipinski definition) is 3. The van der Waals surface area contributed by atoms with Crippen molar-refractivity contribution in [3.05, 3.63) is 59.7 Å². The third-order valence-corrected chi connectivity index (χ3v) is 3.26. The molecule has 0 fully saturated rings. The summed E-state index contributed by atoms with van der Waals surface area (Å²) in [6.07, 6.45) is 2.39. The quantitative estimate of drug-likeness (QED) is 0.890. The largest absolute Gasteiger partial charge is 0.487 e. The van der Waals surface area contributed by atoms with Crippen LogP contribution in [0.25, 0.3) is 0 Å². The topological polar surface area (TPSA) is 51.2 Å². The van der Waals surface area contributed by atoms with Crippen LogP contribution < -0.4 is 10.1 Å². The zero-order chi connectivity index (χ0) is 15.9. The Bertz CT molecular complexity index is 629. The summed E-state index contributed by atoms with van der Waals surface area (Å²) in [5.41, 5.74) is 1.18. The molecule has 0 spiro atoms. The molecule has 1 aromatic carbocycles. The van der Waals surface area contributed by atoms with Gasteiger partial charge < -0.3 is 10.1 Å². The van der Waals surface area contributed by atoms with Crippen LogP contribution in [0.15, 0.2) is 42.6 Å². The first-order valence-electron chi connectivity index (χ1n) is 7.22. The molecule has 0 aliphatic carbocycles. The number of nitrogens with zero attached hydrogens (tertiary/aromatic N) is 1. The van der Waals surface area contributed by atoms with Gasteiger partial charge in [-0.3, -0.25) is 9.78 Å². The van der Waals surface area contributed by atoms with E-state index >= 15 is 0 Å². The molecule has 0 aliphatic rings. The van der Waals surface area contributed by atoms with Crippen LogP contribution in [-0.4, -0.2) is 16.9 Å². The monoisotopic (exact) mass is 302 g/mol. The van der Waals surface area contributed by atoms with Crippen molar-refractivity contribution in [2.24, 2.45) is 0 Å². The maximum atomic E-state index is 13.0. The van der Waals surface area contributed by atoms with Crippen molar-refractivity contribution < 1.29 is 13.9 Å². The van der Waals surface area contributed by atoms with Crippen LogP contribution in [0, 0.1) is 5.82 Å². The fourth-order valence-electron chi connectivity index (χ4n) is 1.77. The molecule has 1 N–H and O–H groups in total. The van der Waals surface area contributed by atoms with Gasteiger partial charge in [-0.15, -0.1) is 0 Å². The molecule has 0 saturated carbocycles. The third-order valence-electron chi connectivity index (χ3n) is 3.26. The van der Waals surface area contributed by atoms with Crippen LogP contribution in [-0.2, 0) is 6.61 Å². The van der Waals surface area contributed by atoms with Gasteiger partial charge in [0.15, 0.2) is 0 Å². The number of amides is 1. The minimum atomic E-state index is -0.345. The number of ether oxygens (including phenoxy) is 1. The van der Waals surface area contributed by atoms with Crippen molar-refractivity contribution in [1.29, 1.82) is 0 Å². The molecular weight excluding hydrogens is 283 g/mol. The van der Waals surface area contributed by atoms with Crippen LogP contribution in [0.1, 0.15) is 36.3 Å². The number of nitrogens with one attached hydrogen (secondary N) is 1. The number of carbonyl (C=O) groups excluding carboxylic acids is 1. The van der Waals surface area contributed by atoms with Crippen LogP contribution in [0.2, 0.25) is 0 Å². The zero-order valence-corrected chi connectivity index (χ0v) is 12.7. The highest BCUT2D eigenvalue weighted by molar-refractivity contribution is 5.94. The second kappa shape index (κ2) is 7.54. The number of rotatable bonds is 6. The molecule has 1 unspecified atom stereocenters. The van der Waals surface area contributed by atoms with E-state index in [0.29, 0.717) is 17.0 Å². The summed E-state index contributed by atoms with van der Waals surface area (Å²) in [4.78, 5) is 16.1. The lowest BCUT2D eigenvalue weighted by atomic mass is 10.2. The first-order chi connectivity index (χ1) is 10.6. The van der Waals surface area contributed by atoms with Crippen LogP contribution >= 0.6 is 0 Å². The van der Waals surface area contributed by atoms with E-state index in [1.807, 2.05) is 13.8 Å². The molecule has 0 bridgehead atoms. The summed E-state index contributed by atoms with van der Waals surface area (Å²) in [5.74, 6) is -0.0395. The Kier molecular flexibility index (Phi) is 5.47. The number of aromatic nitrogens is 1. The van der Waals surface area contributed by atoms with Gasteiger partial charge in [0, 0.05) is 18.3 Å². The first kappa shape index (κ1) is 15.9. The Balaban J connectivity index is 1.93. The first-order valence-corrected chi connectivity index (χ1v) is 7.22. The summed E-state index contributed by atoms with van der Waals surface area (Å²) in [6.45, 7) is 4.18. The van der Waals surface area contributed by atoms with E-state index in [-0.39, 0.29) is 24.4 Å². The Morgan fingerprint density at radius 3 is 2.82 bits per heavy atom. The van der Waals surface area contributed by atoms with E-state index in [1.54, 1.807) is 24.3 Å². The second-order valence-corrected chi connectivity index (χ2v) is 5.07. The Morgan fingerprint density at radius 1 is 1.36 bits per heavy atom. The molecule has 0 radical (unpaired) electrons. The molecule has 1 amide bonds. The Labute approximate surface area is 129 Å². The van der Waals surface area contributed by atoms with Crippen molar-refractivity contribution in [3.63, 3.8) is 0 Å². The lowest BCUT2D eigenvalue weighted by molar-refractivity contribution is 0.0939. The summed E-state index contributed by atoms with van der Waals surface area (Å²) < 4.78 is 18.5. The predicted molar refractivity (Wildman–Crippen MR) is 82.2 cm³/mol. The van der Waals surface area contributed by atoms with Gasteiger partial charge in [-0.1, -0.05) is 13.0 Å². The van der Waals surface area contributed by atoms with Gasteiger partial charge in [0.05, 0.1) is 11.3 Å². The standard InChI is InChI=1S/C17H19FN2O2/c1-3-12(2)20-17(21)13-7-8-15(19-10-13)11-22-16-6-4-5-14(18)9-16/h4-10,12H,3,11H2,1-2H3,(H,20,21). The highest BCUT2D eigenvalue weighted by Gasteiger charge is 2.09. The fourth-order valence-corrected chi connectivity index (χ4v) is 1.77. The molecule has 4 nitrogen and oxygen atoms in total. The Morgan fingerprint density at radius 2 is 2.18 bits per heavy atom. The molecule has 1 heterocycles. The van der Waals surface area contributed by atoms with Crippen LogP contribution in [0.3, 0.4) is 0 Å². The minimum Gasteiger partial charge on any atom is -0.487 e. The number of benzene rings is 1. The van der Waals surface area contributed by atoms with Crippen molar-refractivity contribution in [2.75, 3.05) is 0 Å². The molecule has 22 heavy (non-hydrogen) atoms. The molecule has 0 saturated heterocycles. The smallest absolute Gasteiger partial charge is 0.253 e. The molecule has 0 aliphatic heterocycles. The third kappa shape index (κ3) is 4.55. The molecule has 1 aromatic heterocycles. The number of hydrogen-bond donors (Lipinski definition) is 1. The average molecular weight is 302 g/mol. The summed E-state index contributed by atoms with van der Waals surface area (Å²) in [6, 6.07) is 9.49. The normalized spacial score (nSPS) is 11.8. The van der Waals surface area contributed by atoms with Crippen LogP contribution in [0.4, 0.5) is 4.39 Å². The minimum absolute atomic E-state index is 0.128. The van der Waals surface area contributed by atoms with Gasteiger partial charge in [0.2, 0.25) is 0 Å². The second-order valence-electron chi connectivity index (χ2n) is 5.07. The highest BCUT2D eigenvalue weighted by atomic mass is 19.1. The van der Waals surface area contributed by atoms with E-state index in [4.69, 9.17) is 4.74 Å². The van der Waals surface area contributed by atoms with Gasteiger partial charge in [0.1, 0.15) is 18.2 Å². The van der Waals surface area contributed by atoms with Gasteiger partial charge in [-0.25, -0.2) is 4.39 Å². The Hall–Kier alpha value is -2.43. The van der Waals surface area contributed by atoms with Crippen LogP contribution in [0.5, 0.6) is 5.75 Å². The molecule has 2 aromatic rings. The van der Waals surface area contributed by atoms with Gasteiger partial charge in [-0.2, -0.15) is 0 Å². The van der Waals surface area contributed by atoms with Crippen molar-refractivity contribution in [3.8, 4) is 5.75 Å². The van der Waals surface area contributed by atoms with E-state index < -0.39 is 0 Å². The van der Waals surface area contributed by atoms with Gasteiger partial charge >= 0.3 is 0 Å². The lowest BCUT2D eigenvalue weighted by Crippen LogP contribution is -2.31. The van der Waals surface area contributed by atoms with Crippen molar-refractivity contribution in [1.82, 2.24) is 10.3 Å². The number of pyridine rings is 1. The summed E-state index contributed by atoms with van der Waals surface area (Å²) in [7, 11) is 0. The van der Waals surface area contributed by atoms with E-state index in [9.17, 15) is 9.18 Å². The fraction of sp³-hybridized carbons (Fsp3) is 0.294. The zero-order valence-electron chi connectivity index (χ0n) is 12.7. The molecule has 1 atom stereocenters. The summed E-state index contributed by atoms with van der Waals surface area (Å²) in [5, 5.41) is 2.88. The lowest BCUT2D eigenvalue weighted by Gasteiger charge is -2.11. The number of carbonyl (C=O) groups is 1. The maximum absolute atomic E-state index is 13.0. The summed E-state index contributed by atoms with van der Waals surface area (Å²) >= 11 is 0. The van der Waals surface area contributed by atoms with Crippen molar-refractivity contribution in [2.45, 2.75) is 32.9 Å². The molecule has 116 valence electrons. The highest BCUT2D eigenvalue weighted by Crippen LogP contribution is 2.13. The van der Waals surface area contributed by atoms with E-state index in [1.165, 1.54) is 18.3 Å². The van der Waals surface area contributed by atoms with Crippen molar-refractivity contribution >= 4 is 5.91 Å². The molecule has 5 heteroatoms. The van der Waals surface area contributed by atoms with Gasteiger partial charge in [0.25, 0.3) is 5.91 Å².